The molecule has 0 aromatic carbocycles. The zero-order valence-electron chi connectivity index (χ0n) is 5.96. The molecule has 2 nitrogen and oxygen atoms in total. The molecule has 4 heteroatoms. The Bertz CT molecular complexity index is 226. The summed E-state index contributed by atoms with van der Waals surface area (Å²) in [6.07, 6.45) is 0.566. The lowest BCUT2D eigenvalue weighted by Gasteiger charge is -2.07. The van der Waals surface area contributed by atoms with Crippen LogP contribution in [0.4, 0.5) is 0 Å². The summed E-state index contributed by atoms with van der Waals surface area (Å²) < 4.78 is 0.728. The van der Waals surface area contributed by atoms with Gasteiger partial charge >= 0.3 is 0 Å². The Kier molecular flexibility index (Phi) is 3.33. The van der Waals surface area contributed by atoms with E-state index in [2.05, 4.69) is 0 Å². The second kappa shape index (κ2) is 4.07. The van der Waals surface area contributed by atoms with Crippen LogP contribution in [0.2, 0.25) is 4.34 Å². The quantitative estimate of drug-likeness (QED) is 0.765. The lowest BCUT2D eigenvalue weighted by molar-refractivity contribution is 0.276. The molecule has 0 aliphatic heterocycles. The number of rotatable bonds is 3. The van der Waals surface area contributed by atoms with Gasteiger partial charge in [0.15, 0.2) is 0 Å². The third-order valence-electron chi connectivity index (χ3n) is 1.49. The molecule has 0 saturated carbocycles. The summed E-state index contributed by atoms with van der Waals surface area (Å²) in [6.45, 7) is 0.105. The van der Waals surface area contributed by atoms with Crippen LogP contribution in [-0.4, -0.2) is 11.7 Å². The maximum Gasteiger partial charge on any atom is 0.0976 e. The molecule has 1 rings (SSSR count). The van der Waals surface area contributed by atoms with Crippen molar-refractivity contribution in [1.29, 1.82) is 0 Å². The average Bonchev–Trinajstić information content (AvgIpc) is 2.36. The van der Waals surface area contributed by atoms with Gasteiger partial charge in [0.05, 0.1) is 4.34 Å². The molecule has 0 bridgehead atoms. The highest BCUT2D eigenvalue weighted by Crippen LogP contribution is 2.28. The summed E-state index contributed by atoms with van der Waals surface area (Å²) in [4.78, 5) is 0. The number of thiophene rings is 1. The molecule has 0 radical (unpaired) electrons. The van der Waals surface area contributed by atoms with Crippen LogP contribution in [0.25, 0.3) is 0 Å². The number of hydrogen-bond donors (Lipinski definition) is 2. The molecule has 62 valence electrons. The van der Waals surface area contributed by atoms with Crippen LogP contribution in [0, 0.1) is 0 Å². The number of nitrogens with two attached hydrogens (primary N) is 1. The highest BCUT2D eigenvalue weighted by Gasteiger charge is 2.09. The van der Waals surface area contributed by atoms with Crippen LogP contribution >= 0.6 is 22.9 Å². The molecule has 0 amide bonds. The largest absolute Gasteiger partial charge is 0.396 e. The van der Waals surface area contributed by atoms with Crippen LogP contribution in [0.3, 0.4) is 0 Å². The molecule has 0 spiro atoms. The standard InChI is InChI=1S/C7H10ClNOS/c8-7-5(2-4-11-7)6(9)1-3-10/h2,4,6,10H,1,3,9H2/t6-/m1/s1. The van der Waals surface area contributed by atoms with E-state index in [1.54, 1.807) is 0 Å². The first-order chi connectivity index (χ1) is 5.25. The summed E-state index contributed by atoms with van der Waals surface area (Å²) in [5.74, 6) is 0. The molecule has 0 saturated heterocycles. The Hall–Kier alpha value is -0.0900. The molecular weight excluding hydrogens is 182 g/mol. The van der Waals surface area contributed by atoms with Crippen molar-refractivity contribution < 1.29 is 5.11 Å². The van der Waals surface area contributed by atoms with Gasteiger partial charge in [-0.15, -0.1) is 11.3 Å². The van der Waals surface area contributed by atoms with Crippen LogP contribution in [-0.2, 0) is 0 Å². The highest BCUT2D eigenvalue weighted by atomic mass is 35.5. The Morgan fingerprint density at radius 1 is 1.73 bits per heavy atom. The van der Waals surface area contributed by atoms with Gasteiger partial charge in [-0.05, 0) is 23.4 Å². The summed E-state index contributed by atoms with van der Waals surface area (Å²) in [5, 5.41) is 10.5. The van der Waals surface area contributed by atoms with Crippen LogP contribution < -0.4 is 5.73 Å². The smallest absolute Gasteiger partial charge is 0.0976 e. The first-order valence-electron chi connectivity index (χ1n) is 3.35. The predicted octanol–water partition coefficient (Wildman–Crippen LogP) is 1.78. The highest BCUT2D eigenvalue weighted by molar-refractivity contribution is 7.14. The van der Waals surface area contributed by atoms with Crippen molar-refractivity contribution in [3.63, 3.8) is 0 Å². The first-order valence-corrected chi connectivity index (χ1v) is 4.60. The van der Waals surface area contributed by atoms with Gasteiger partial charge in [0.25, 0.3) is 0 Å². The minimum absolute atomic E-state index is 0.105. The molecule has 0 fully saturated rings. The number of hydrogen-bond acceptors (Lipinski definition) is 3. The summed E-state index contributed by atoms with van der Waals surface area (Å²) >= 11 is 7.29. The average molecular weight is 192 g/mol. The van der Waals surface area contributed by atoms with Crippen LogP contribution in [0.15, 0.2) is 11.4 Å². The third-order valence-corrected chi connectivity index (χ3v) is 2.69. The SMILES string of the molecule is N[C@H](CCO)c1ccsc1Cl. The van der Waals surface area contributed by atoms with E-state index in [9.17, 15) is 0 Å². The van der Waals surface area contributed by atoms with E-state index in [0.717, 1.165) is 9.90 Å². The molecule has 0 aliphatic carbocycles. The summed E-state index contributed by atoms with van der Waals surface area (Å²) in [7, 11) is 0. The Balaban J connectivity index is 2.67. The second-order valence-corrected chi connectivity index (χ2v) is 3.79. The zero-order chi connectivity index (χ0) is 8.27. The van der Waals surface area contributed by atoms with E-state index in [1.807, 2.05) is 11.4 Å². The molecule has 1 atom stereocenters. The Morgan fingerprint density at radius 2 is 2.45 bits per heavy atom. The zero-order valence-corrected chi connectivity index (χ0v) is 7.53. The Labute approximate surface area is 74.6 Å². The number of halogens is 1. The normalized spacial score (nSPS) is 13.4. The monoisotopic (exact) mass is 191 g/mol. The number of aliphatic hydroxyl groups excluding tert-OH is 1. The summed E-state index contributed by atoms with van der Waals surface area (Å²) in [6, 6.07) is 1.77. The molecule has 1 aromatic heterocycles. The molecule has 1 heterocycles. The van der Waals surface area contributed by atoms with Crippen molar-refractivity contribution in [3.8, 4) is 0 Å². The minimum Gasteiger partial charge on any atom is -0.396 e. The molecular formula is C7H10ClNOS. The lowest BCUT2D eigenvalue weighted by atomic mass is 10.1. The van der Waals surface area contributed by atoms with E-state index in [-0.39, 0.29) is 12.6 Å². The van der Waals surface area contributed by atoms with Gasteiger partial charge in [0.1, 0.15) is 0 Å². The van der Waals surface area contributed by atoms with Gasteiger partial charge in [-0.3, -0.25) is 0 Å². The fraction of sp³-hybridized carbons (Fsp3) is 0.429. The third kappa shape index (κ3) is 2.17. The topological polar surface area (TPSA) is 46.2 Å². The van der Waals surface area contributed by atoms with Crippen molar-refractivity contribution in [2.75, 3.05) is 6.61 Å². The number of aliphatic hydroxyl groups is 1. The van der Waals surface area contributed by atoms with Crippen molar-refractivity contribution in [3.05, 3.63) is 21.3 Å². The summed E-state index contributed by atoms with van der Waals surface area (Å²) in [5.41, 5.74) is 6.65. The van der Waals surface area contributed by atoms with Crippen molar-refractivity contribution in [2.24, 2.45) is 5.73 Å². The molecule has 0 aliphatic rings. The fourth-order valence-electron chi connectivity index (χ4n) is 0.865. The van der Waals surface area contributed by atoms with Gasteiger partial charge in [0.2, 0.25) is 0 Å². The van der Waals surface area contributed by atoms with E-state index in [4.69, 9.17) is 22.4 Å². The first kappa shape index (κ1) is 9.00. The van der Waals surface area contributed by atoms with E-state index >= 15 is 0 Å². The lowest BCUT2D eigenvalue weighted by Crippen LogP contribution is -2.11. The minimum atomic E-state index is -0.126. The van der Waals surface area contributed by atoms with E-state index < -0.39 is 0 Å². The maximum atomic E-state index is 8.61. The van der Waals surface area contributed by atoms with Gasteiger partial charge in [-0.2, -0.15) is 0 Å². The van der Waals surface area contributed by atoms with Gasteiger partial charge in [-0.25, -0.2) is 0 Å². The second-order valence-electron chi connectivity index (χ2n) is 2.27. The van der Waals surface area contributed by atoms with Crippen molar-refractivity contribution >= 4 is 22.9 Å². The Morgan fingerprint density at radius 3 is 2.91 bits per heavy atom. The van der Waals surface area contributed by atoms with Gasteiger partial charge < -0.3 is 10.8 Å². The fourth-order valence-corrected chi connectivity index (χ4v) is 1.91. The molecule has 0 unspecified atom stereocenters. The molecule has 3 N–H and O–H groups in total. The van der Waals surface area contributed by atoms with E-state index in [0.29, 0.717) is 6.42 Å². The predicted molar refractivity (Wildman–Crippen MR) is 48.0 cm³/mol. The molecule has 11 heavy (non-hydrogen) atoms. The van der Waals surface area contributed by atoms with Gasteiger partial charge in [0, 0.05) is 12.6 Å². The van der Waals surface area contributed by atoms with Crippen molar-refractivity contribution in [2.45, 2.75) is 12.5 Å². The van der Waals surface area contributed by atoms with Crippen LogP contribution in [0.5, 0.6) is 0 Å². The van der Waals surface area contributed by atoms with Gasteiger partial charge in [-0.1, -0.05) is 11.6 Å². The van der Waals surface area contributed by atoms with Crippen molar-refractivity contribution in [1.82, 2.24) is 0 Å². The van der Waals surface area contributed by atoms with Crippen LogP contribution in [0.1, 0.15) is 18.0 Å². The molecule has 1 aromatic rings. The maximum absolute atomic E-state index is 8.61. The van der Waals surface area contributed by atoms with E-state index in [1.165, 1.54) is 11.3 Å².